The number of aliphatic hydroxyl groups excluding tert-OH is 1. The molecule has 25 heavy (non-hydrogen) atoms. The van der Waals surface area contributed by atoms with Crippen LogP contribution in [0.25, 0.3) is 0 Å². The van der Waals surface area contributed by atoms with Gasteiger partial charge in [0.25, 0.3) is 5.91 Å². The summed E-state index contributed by atoms with van der Waals surface area (Å²) in [5.41, 5.74) is 0.707. The summed E-state index contributed by atoms with van der Waals surface area (Å²) in [6.07, 6.45) is 1.58. The van der Waals surface area contributed by atoms with Gasteiger partial charge in [0.2, 0.25) is 5.91 Å². The molecule has 2 atom stereocenters. The van der Waals surface area contributed by atoms with Crippen LogP contribution in [0, 0.1) is 5.92 Å². The van der Waals surface area contributed by atoms with Crippen LogP contribution in [0.1, 0.15) is 29.6 Å². The van der Waals surface area contributed by atoms with Crippen LogP contribution in [0.15, 0.2) is 30.3 Å². The summed E-state index contributed by atoms with van der Waals surface area (Å²) in [5, 5.41) is 13.2. The quantitative estimate of drug-likeness (QED) is 0.847. The van der Waals surface area contributed by atoms with E-state index in [1.54, 1.807) is 0 Å². The molecular weight excluding hydrogens is 318 g/mol. The fourth-order valence-electron chi connectivity index (χ4n) is 3.66. The minimum atomic E-state index is -0.559. The Morgan fingerprint density at radius 1 is 1.08 bits per heavy atom. The minimum Gasteiger partial charge on any atom is -0.392 e. The summed E-state index contributed by atoms with van der Waals surface area (Å²) in [4.78, 5) is 28.9. The molecule has 2 aliphatic heterocycles. The van der Waals surface area contributed by atoms with Gasteiger partial charge in [-0.2, -0.15) is 0 Å². The standard InChI is InChI=1S/C19H27N3O3/c1-21-10-9-17(23)16(13-21)18(24)20-15-7-11-22(12-8-15)19(25)14-5-3-2-4-6-14/h2-6,15-17,23H,7-13H2,1H3,(H,20,24)/t16-,17-/m1/s1. The molecule has 2 amide bonds. The fourth-order valence-corrected chi connectivity index (χ4v) is 3.66. The third-order valence-corrected chi connectivity index (χ3v) is 5.27. The van der Waals surface area contributed by atoms with Gasteiger partial charge in [-0.1, -0.05) is 18.2 Å². The van der Waals surface area contributed by atoms with Gasteiger partial charge in [0.15, 0.2) is 0 Å². The first kappa shape index (κ1) is 17.9. The molecule has 0 spiro atoms. The molecule has 1 aromatic carbocycles. The van der Waals surface area contributed by atoms with E-state index in [1.165, 1.54) is 0 Å². The molecule has 3 rings (SSSR count). The second-order valence-corrected chi connectivity index (χ2v) is 7.17. The number of aliphatic hydroxyl groups is 1. The van der Waals surface area contributed by atoms with Crippen LogP contribution >= 0.6 is 0 Å². The van der Waals surface area contributed by atoms with E-state index in [2.05, 4.69) is 10.2 Å². The highest BCUT2D eigenvalue weighted by molar-refractivity contribution is 5.94. The maximum absolute atomic E-state index is 12.5. The molecular formula is C19H27N3O3. The Balaban J connectivity index is 1.49. The van der Waals surface area contributed by atoms with E-state index in [-0.39, 0.29) is 23.8 Å². The normalized spacial score (nSPS) is 25.6. The summed E-state index contributed by atoms with van der Waals surface area (Å²) in [7, 11) is 1.97. The van der Waals surface area contributed by atoms with E-state index in [9.17, 15) is 14.7 Å². The highest BCUT2D eigenvalue weighted by Gasteiger charge is 2.33. The predicted octanol–water partition coefficient (Wildman–Crippen LogP) is 0.720. The number of likely N-dealkylation sites (tertiary alicyclic amines) is 2. The highest BCUT2D eigenvalue weighted by Crippen LogP contribution is 2.18. The minimum absolute atomic E-state index is 0.0507. The molecule has 1 aromatic rings. The zero-order chi connectivity index (χ0) is 17.8. The van der Waals surface area contributed by atoms with Gasteiger partial charge in [-0.25, -0.2) is 0 Å². The number of rotatable bonds is 3. The predicted molar refractivity (Wildman–Crippen MR) is 95.1 cm³/mol. The van der Waals surface area contributed by atoms with E-state index >= 15 is 0 Å². The van der Waals surface area contributed by atoms with Gasteiger partial charge in [0.05, 0.1) is 12.0 Å². The van der Waals surface area contributed by atoms with Crippen molar-refractivity contribution in [3.8, 4) is 0 Å². The molecule has 6 nitrogen and oxygen atoms in total. The fraction of sp³-hybridized carbons (Fsp3) is 0.579. The number of carbonyl (C=O) groups excluding carboxylic acids is 2. The number of hydrogen-bond donors (Lipinski definition) is 2. The number of nitrogens with zero attached hydrogens (tertiary/aromatic N) is 2. The third kappa shape index (κ3) is 4.38. The molecule has 2 N–H and O–H groups in total. The molecule has 0 aliphatic carbocycles. The van der Waals surface area contributed by atoms with Crippen molar-refractivity contribution < 1.29 is 14.7 Å². The number of piperidine rings is 2. The summed E-state index contributed by atoms with van der Waals surface area (Å²) >= 11 is 0. The monoisotopic (exact) mass is 345 g/mol. The SMILES string of the molecule is CN1CC[C@@H](O)[C@H](C(=O)NC2CCN(C(=O)c3ccccc3)CC2)C1. The summed E-state index contributed by atoms with van der Waals surface area (Å²) < 4.78 is 0. The van der Waals surface area contributed by atoms with Crippen molar-refractivity contribution in [2.24, 2.45) is 5.92 Å². The summed E-state index contributed by atoms with van der Waals surface area (Å²) in [6.45, 7) is 2.71. The molecule has 2 fully saturated rings. The Morgan fingerprint density at radius 2 is 1.76 bits per heavy atom. The number of hydrogen-bond acceptors (Lipinski definition) is 4. The Labute approximate surface area is 148 Å². The van der Waals surface area contributed by atoms with Gasteiger partial charge in [0, 0.05) is 37.8 Å². The molecule has 2 saturated heterocycles. The lowest BCUT2D eigenvalue weighted by atomic mass is 9.93. The van der Waals surface area contributed by atoms with Crippen molar-refractivity contribution >= 4 is 11.8 Å². The summed E-state index contributed by atoms with van der Waals surface area (Å²) in [5.74, 6) is -0.371. The Morgan fingerprint density at radius 3 is 2.44 bits per heavy atom. The van der Waals surface area contributed by atoms with E-state index in [1.807, 2.05) is 42.3 Å². The number of amides is 2. The first-order valence-electron chi connectivity index (χ1n) is 9.06. The maximum atomic E-state index is 12.5. The lowest BCUT2D eigenvalue weighted by Gasteiger charge is -2.36. The molecule has 2 heterocycles. The molecule has 0 radical (unpaired) electrons. The maximum Gasteiger partial charge on any atom is 0.253 e. The molecule has 0 unspecified atom stereocenters. The van der Waals surface area contributed by atoms with Crippen LogP contribution in [-0.2, 0) is 4.79 Å². The largest absolute Gasteiger partial charge is 0.392 e. The lowest BCUT2D eigenvalue weighted by Crippen LogP contribution is -2.53. The van der Waals surface area contributed by atoms with Gasteiger partial charge < -0.3 is 20.2 Å². The van der Waals surface area contributed by atoms with Crippen LogP contribution < -0.4 is 5.32 Å². The van der Waals surface area contributed by atoms with Gasteiger partial charge in [0.1, 0.15) is 0 Å². The van der Waals surface area contributed by atoms with Crippen molar-refractivity contribution in [2.75, 3.05) is 33.2 Å². The van der Waals surface area contributed by atoms with Gasteiger partial charge in [-0.05, 0) is 38.4 Å². The highest BCUT2D eigenvalue weighted by atomic mass is 16.3. The zero-order valence-corrected chi connectivity index (χ0v) is 14.7. The molecule has 0 bridgehead atoms. The Hall–Kier alpha value is -1.92. The first-order chi connectivity index (χ1) is 12.0. The summed E-state index contributed by atoms with van der Waals surface area (Å²) in [6, 6.07) is 9.37. The van der Waals surface area contributed by atoms with E-state index in [4.69, 9.17) is 0 Å². The average Bonchev–Trinajstić information content (AvgIpc) is 2.64. The second kappa shape index (κ2) is 7.97. The zero-order valence-electron chi connectivity index (χ0n) is 14.7. The van der Waals surface area contributed by atoms with Crippen LogP contribution in [0.4, 0.5) is 0 Å². The van der Waals surface area contributed by atoms with Crippen LogP contribution in [-0.4, -0.2) is 72.1 Å². The average molecular weight is 345 g/mol. The van der Waals surface area contributed by atoms with Gasteiger partial charge >= 0.3 is 0 Å². The van der Waals surface area contributed by atoms with Crippen molar-refractivity contribution in [3.63, 3.8) is 0 Å². The van der Waals surface area contributed by atoms with Crippen molar-refractivity contribution in [1.82, 2.24) is 15.1 Å². The van der Waals surface area contributed by atoms with Crippen LogP contribution in [0.5, 0.6) is 0 Å². The van der Waals surface area contributed by atoms with Crippen molar-refractivity contribution in [2.45, 2.75) is 31.4 Å². The number of carbonyl (C=O) groups is 2. The van der Waals surface area contributed by atoms with E-state index in [0.29, 0.717) is 31.6 Å². The van der Waals surface area contributed by atoms with Crippen molar-refractivity contribution in [1.29, 1.82) is 0 Å². The van der Waals surface area contributed by atoms with Gasteiger partial charge in [-0.15, -0.1) is 0 Å². The van der Waals surface area contributed by atoms with Crippen LogP contribution in [0.2, 0.25) is 0 Å². The molecule has 2 aliphatic rings. The molecule has 136 valence electrons. The number of benzene rings is 1. The molecule has 0 saturated carbocycles. The molecule has 6 heteroatoms. The van der Waals surface area contributed by atoms with Crippen molar-refractivity contribution in [3.05, 3.63) is 35.9 Å². The van der Waals surface area contributed by atoms with Crippen LogP contribution in [0.3, 0.4) is 0 Å². The smallest absolute Gasteiger partial charge is 0.253 e. The Kier molecular flexibility index (Phi) is 5.71. The first-order valence-corrected chi connectivity index (χ1v) is 9.06. The third-order valence-electron chi connectivity index (χ3n) is 5.27. The Bertz CT molecular complexity index is 599. The lowest BCUT2D eigenvalue weighted by molar-refractivity contribution is -0.132. The number of nitrogens with one attached hydrogen (secondary N) is 1. The van der Waals surface area contributed by atoms with Gasteiger partial charge in [-0.3, -0.25) is 9.59 Å². The van der Waals surface area contributed by atoms with E-state index < -0.39 is 6.10 Å². The topological polar surface area (TPSA) is 72.9 Å². The molecule has 0 aromatic heterocycles. The van der Waals surface area contributed by atoms with E-state index in [0.717, 1.165) is 19.4 Å². The second-order valence-electron chi connectivity index (χ2n) is 7.17.